The van der Waals surface area contributed by atoms with Gasteiger partial charge in [-0.3, -0.25) is 4.79 Å². The lowest BCUT2D eigenvalue weighted by atomic mass is 9.98. The van der Waals surface area contributed by atoms with Crippen LogP contribution in [0.1, 0.15) is 55.1 Å². The van der Waals surface area contributed by atoms with Crippen molar-refractivity contribution in [1.29, 1.82) is 0 Å². The molecule has 3 aliphatic rings. The van der Waals surface area contributed by atoms with E-state index < -0.39 is 0 Å². The van der Waals surface area contributed by atoms with Crippen molar-refractivity contribution in [2.24, 2.45) is 0 Å². The van der Waals surface area contributed by atoms with E-state index in [0.717, 1.165) is 23.0 Å². The summed E-state index contributed by atoms with van der Waals surface area (Å²) in [6.07, 6.45) is 9.20. The number of amides is 1. The summed E-state index contributed by atoms with van der Waals surface area (Å²) in [7, 11) is 1.98. The summed E-state index contributed by atoms with van der Waals surface area (Å²) in [5.74, 6) is 0.180. The molecule has 4 nitrogen and oxygen atoms in total. The van der Waals surface area contributed by atoms with Gasteiger partial charge in [0, 0.05) is 41.9 Å². The highest BCUT2D eigenvalue weighted by Gasteiger charge is 2.37. The van der Waals surface area contributed by atoms with Crippen LogP contribution in [0, 0.1) is 0 Å². The van der Waals surface area contributed by atoms with Gasteiger partial charge in [-0.2, -0.15) is 0 Å². The molecule has 2 aliphatic heterocycles. The van der Waals surface area contributed by atoms with E-state index in [2.05, 4.69) is 32.0 Å². The zero-order valence-electron chi connectivity index (χ0n) is 12.4. The first kappa shape index (κ1) is 13.8. The third kappa shape index (κ3) is 2.55. The molecular weight excluding hydrogens is 330 g/mol. The minimum atomic E-state index is 0.180. The number of halogens is 1. The van der Waals surface area contributed by atoms with E-state index in [1.54, 1.807) is 0 Å². The van der Waals surface area contributed by atoms with Crippen LogP contribution in [0.3, 0.4) is 0 Å². The van der Waals surface area contributed by atoms with Crippen molar-refractivity contribution in [3.8, 4) is 0 Å². The normalized spacial score (nSPS) is 31.4. The molecule has 0 aromatic carbocycles. The number of hydrogen-bond donors (Lipinski definition) is 1. The lowest BCUT2D eigenvalue weighted by molar-refractivity contribution is 0.0670. The van der Waals surface area contributed by atoms with Gasteiger partial charge in [-0.05, 0) is 60.5 Å². The number of carbonyl (C=O) groups excluding carboxylic acids is 1. The maximum absolute atomic E-state index is 12.9. The van der Waals surface area contributed by atoms with Gasteiger partial charge in [0.25, 0.3) is 5.91 Å². The second-order valence-electron chi connectivity index (χ2n) is 6.86. The molecule has 4 rings (SSSR count). The van der Waals surface area contributed by atoms with Crippen LogP contribution in [0.25, 0.3) is 0 Å². The third-order valence-electron chi connectivity index (χ3n) is 5.29. The van der Waals surface area contributed by atoms with Crippen LogP contribution in [0.15, 0.2) is 16.7 Å². The van der Waals surface area contributed by atoms with Gasteiger partial charge in [-0.1, -0.05) is 0 Å². The number of fused-ring (bicyclic) bond motifs is 2. The molecule has 21 heavy (non-hydrogen) atoms. The lowest BCUT2D eigenvalue weighted by Gasteiger charge is -2.35. The zero-order chi connectivity index (χ0) is 14.6. The number of nitrogens with one attached hydrogen (secondary N) is 1. The van der Waals surface area contributed by atoms with Gasteiger partial charge in [-0.15, -0.1) is 0 Å². The Morgan fingerprint density at radius 2 is 1.95 bits per heavy atom. The average Bonchev–Trinajstić information content (AvgIpc) is 3.18. The Morgan fingerprint density at radius 3 is 2.57 bits per heavy atom. The first-order valence-corrected chi connectivity index (χ1v) is 8.81. The number of piperidine rings is 1. The molecule has 3 fully saturated rings. The molecule has 3 heterocycles. The number of hydrogen-bond acceptors (Lipinski definition) is 2. The SMILES string of the molecule is CN(C(=O)c1cc(Br)cn1C1CC1)C1CC2CCC(C1)N2. The third-order valence-corrected chi connectivity index (χ3v) is 5.72. The molecule has 0 radical (unpaired) electrons. The molecule has 2 saturated heterocycles. The maximum atomic E-state index is 12.9. The molecule has 1 amide bonds. The van der Waals surface area contributed by atoms with Crippen LogP contribution in [-0.2, 0) is 0 Å². The van der Waals surface area contributed by atoms with Crippen LogP contribution in [-0.4, -0.2) is 40.5 Å². The van der Waals surface area contributed by atoms with Crippen LogP contribution in [0.4, 0.5) is 0 Å². The molecule has 1 aromatic rings. The highest BCUT2D eigenvalue weighted by atomic mass is 79.9. The smallest absolute Gasteiger partial charge is 0.270 e. The van der Waals surface area contributed by atoms with Gasteiger partial charge in [0.1, 0.15) is 5.69 Å². The molecule has 1 aliphatic carbocycles. The van der Waals surface area contributed by atoms with Gasteiger partial charge < -0.3 is 14.8 Å². The quantitative estimate of drug-likeness (QED) is 0.908. The van der Waals surface area contributed by atoms with Crippen molar-refractivity contribution in [3.63, 3.8) is 0 Å². The molecular formula is C16H22BrN3O. The summed E-state index contributed by atoms with van der Waals surface area (Å²) in [5, 5.41) is 3.65. The fourth-order valence-electron chi connectivity index (χ4n) is 3.96. The van der Waals surface area contributed by atoms with Gasteiger partial charge >= 0.3 is 0 Å². The van der Waals surface area contributed by atoms with Crippen LogP contribution in [0.5, 0.6) is 0 Å². The van der Waals surface area contributed by atoms with Gasteiger partial charge in [0.2, 0.25) is 0 Å². The van der Waals surface area contributed by atoms with Crippen molar-refractivity contribution < 1.29 is 4.79 Å². The second-order valence-corrected chi connectivity index (χ2v) is 7.78. The summed E-state index contributed by atoms with van der Waals surface area (Å²) in [6.45, 7) is 0. The van der Waals surface area contributed by atoms with E-state index in [1.807, 2.05) is 18.0 Å². The van der Waals surface area contributed by atoms with Crippen LogP contribution in [0.2, 0.25) is 0 Å². The van der Waals surface area contributed by atoms with Gasteiger partial charge in [0.15, 0.2) is 0 Å². The van der Waals surface area contributed by atoms with E-state index in [0.29, 0.717) is 24.2 Å². The minimum Gasteiger partial charge on any atom is -0.339 e. The predicted molar refractivity (Wildman–Crippen MR) is 85.5 cm³/mol. The summed E-state index contributed by atoms with van der Waals surface area (Å²) < 4.78 is 3.18. The fraction of sp³-hybridized carbons (Fsp3) is 0.688. The van der Waals surface area contributed by atoms with Crippen molar-refractivity contribution in [1.82, 2.24) is 14.8 Å². The van der Waals surface area contributed by atoms with Crippen molar-refractivity contribution in [3.05, 3.63) is 22.4 Å². The standard InChI is InChI=1S/C16H22BrN3O/c1-19(14-7-11-2-3-12(8-14)18-11)16(21)15-6-10(17)9-20(15)13-4-5-13/h6,9,11-14,18H,2-5,7-8H2,1H3. The summed E-state index contributed by atoms with van der Waals surface area (Å²) in [4.78, 5) is 14.9. The summed E-state index contributed by atoms with van der Waals surface area (Å²) >= 11 is 3.52. The topological polar surface area (TPSA) is 37.3 Å². The fourth-order valence-corrected chi connectivity index (χ4v) is 4.40. The van der Waals surface area contributed by atoms with Crippen molar-refractivity contribution in [2.75, 3.05) is 7.05 Å². The van der Waals surface area contributed by atoms with E-state index in [-0.39, 0.29) is 5.91 Å². The molecule has 5 heteroatoms. The molecule has 2 bridgehead atoms. The second kappa shape index (κ2) is 5.13. The summed E-state index contributed by atoms with van der Waals surface area (Å²) in [6, 6.07) is 4.13. The largest absolute Gasteiger partial charge is 0.339 e. The van der Waals surface area contributed by atoms with Gasteiger partial charge in [0.05, 0.1) is 0 Å². The first-order chi connectivity index (χ1) is 10.1. The Hall–Kier alpha value is -0.810. The molecule has 1 N–H and O–H groups in total. The predicted octanol–water partition coefficient (Wildman–Crippen LogP) is 2.94. The van der Waals surface area contributed by atoms with E-state index in [9.17, 15) is 4.79 Å². The number of nitrogens with zero attached hydrogens (tertiary/aromatic N) is 2. The number of rotatable bonds is 3. The zero-order valence-corrected chi connectivity index (χ0v) is 14.0. The monoisotopic (exact) mass is 351 g/mol. The molecule has 1 saturated carbocycles. The van der Waals surface area contributed by atoms with E-state index >= 15 is 0 Å². The van der Waals surface area contributed by atoms with Crippen molar-refractivity contribution in [2.45, 2.75) is 62.7 Å². The Kier molecular flexibility index (Phi) is 3.38. The molecule has 2 atom stereocenters. The molecule has 114 valence electrons. The first-order valence-electron chi connectivity index (χ1n) is 8.02. The summed E-state index contributed by atoms with van der Waals surface area (Å²) in [5.41, 5.74) is 0.845. The van der Waals surface area contributed by atoms with E-state index in [4.69, 9.17) is 0 Å². The van der Waals surface area contributed by atoms with Gasteiger partial charge in [-0.25, -0.2) is 0 Å². The molecule has 0 spiro atoms. The Labute approximate surface area is 134 Å². The molecule has 2 unspecified atom stereocenters. The Balaban J connectivity index is 1.54. The Morgan fingerprint density at radius 1 is 1.29 bits per heavy atom. The number of aromatic nitrogens is 1. The maximum Gasteiger partial charge on any atom is 0.270 e. The van der Waals surface area contributed by atoms with Crippen LogP contribution >= 0.6 is 15.9 Å². The highest BCUT2D eigenvalue weighted by molar-refractivity contribution is 9.10. The average molecular weight is 352 g/mol. The lowest BCUT2D eigenvalue weighted by Crippen LogP contribution is -2.49. The number of carbonyl (C=O) groups is 1. The minimum absolute atomic E-state index is 0.180. The molecule has 1 aromatic heterocycles. The van der Waals surface area contributed by atoms with Crippen LogP contribution < -0.4 is 5.32 Å². The highest BCUT2D eigenvalue weighted by Crippen LogP contribution is 2.38. The Bertz CT molecular complexity index is 554. The van der Waals surface area contributed by atoms with E-state index in [1.165, 1.54) is 25.7 Å². The van der Waals surface area contributed by atoms with Crippen molar-refractivity contribution >= 4 is 21.8 Å².